The van der Waals surface area contributed by atoms with Gasteiger partial charge in [-0.25, -0.2) is 9.97 Å². The van der Waals surface area contributed by atoms with E-state index in [1.807, 2.05) is 13.0 Å². The summed E-state index contributed by atoms with van der Waals surface area (Å²) >= 11 is 0. The fourth-order valence-electron chi connectivity index (χ4n) is 1.78. The van der Waals surface area contributed by atoms with Crippen LogP contribution in [0.2, 0.25) is 0 Å². The fourth-order valence-corrected chi connectivity index (χ4v) is 1.78. The van der Waals surface area contributed by atoms with Crippen molar-refractivity contribution in [2.45, 2.75) is 19.6 Å². The number of alkyl halides is 3. The molecule has 0 aliphatic rings. The van der Waals surface area contributed by atoms with Crippen LogP contribution in [0.5, 0.6) is 0 Å². The first-order valence-corrected chi connectivity index (χ1v) is 6.26. The summed E-state index contributed by atoms with van der Waals surface area (Å²) in [5.74, 6) is -1.33. The van der Waals surface area contributed by atoms with Crippen LogP contribution in [-0.2, 0) is 12.7 Å². The van der Waals surface area contributed by atoms with Gasteiger partial charge in [0, 0.05) is 18.8 Å². The third kappa shape index (κ3) is 3.80. The Morgan fingerprint density at radius 3 is 2.57 bits per heavy atom. The Morgan fingerprint density at radius 1 is 1.24 bits per heavy atom. The van der Waals surface area contributed by atoms with Gasteiger partial charge in [0.2, 0.25) is 5.82 Å². The number of anilines is 2. The van der Waals surface area contributed by atoms with Crippen molar-refractivity contribution in [3.8, 4) is 0 Å². The van der Waals surface area contributed by atoms with Crippen LogP contribution in [0, 0.1) is 0 Å². The Morgan fingerprint density at radius 2 is 2.00 bits per heavy atom. The second-order valence-corrected chi connectivity index (χ2v) is 4.31. The molecule has 2 N–H and O–H groups in total. The molecule has 0 amide bonds. The summed E-state index contributed by atoms with van der Waals surface area (Å²) in [6, 6.07) is 6.69. The minimum atomic E-state index is -4.63. The van der Waals surface area contributed by atoms with E-state index in [1.165, 1.54) is 6.07 Å². The molecular formula is C13H14F3N5. The van der Waals surface area contributed by atoms with Crippen LogP contribution in [0.3, 0.4) is 0 Å². The standard InChI is InChI=1S/C13H14F3N5/c1-2-21(8-9-5-3-4-6-18-9)11-7-10(17)19-12(20-11)13(14,15)16/h3-7H,2,8H2,1H3,(H2,17,19,20). The molecule has 0 atom stereocenters. The number of pyridine rings is 1. The van der Waals surface area contributed by atoms with Gasteiger partial charge >= 0.3 is 6.18 Å². The summed E-state index contributed by atoms with van der Waals surface area (Å²) in [7, 11) is 0. The molecule has 0 spiro atoms. The molecule has 0 aliphatic heterocycles. The molecule has 2 aromatic heterocycles. The number of hydrogen-bond donors (Lipinski definition) is 1. The summed E-state index contributed by atoms with van der Waals surface area (Å²) in [4.78, 5) is 12.6. The molecule has 112 valence electrons. The van der Waals surface area contributed by atoms with Crippen molar-refractivity contribution in [3.63, 3.8) is 0 Å². The van der Waals surface area contributed by atoms with E-state index in [0.717, 1.165) is 5.69 Å². The second-order valence-electron chi connectivity index (χ2n) is 4.31. The Kier molecular flexibility index (Phi) is 4.25. The lowest BCUT2D eigenvalue weighted by Gasteiger charge is -2.22. The molecule has 0 fully saturated rings. The zero-order valence-corrected chi connectivity index (χ0v) is 11.3. The Labute approximate surface area is 119 Å². The molecule has 0 aromatic carbocycles. The first-order chi connectivity index (χ1) is 9.90. The molecular weight excluding hydrogens is 283 g/mol. The Bertz CT molecular complexity index is 601. The molecule has 0 bridgehead atoms. The first kappa shape index (κ1) is 15.0. The van der Waals surface area contributed by atoms with Gasteiger partial charge in [0.05, 0.1) is 12.2 Å². The number of aromatic nitrogens is 3. The number of nitrogens with zero attached hydrogens (tertiary/aromatic N) is 4. The molecule has 5 nitrogen and oxygen atoms in total. The number of nitrogens with two attached hydrogens (primary N) is 1. The van der Waals surface area contributed by atoms with Gasteiger partial charge in [-0.05, 0) is 19.1 Å². The quantitative estimate of drug-likeness (QED) is 0.939. The second kappa shape index (κ2) is 5.94. The van der Waals surface area contributed by atoms with Gasteiger partial charge in [0.15, 0.2) is 0 Å². The third-order valence-electron chi connectivity index (χ3n) is 2.77. The fraction of sp³-hybridized carbons (Fsp3) is 0.308. The number of nitrogen functional groups attached to an aromatic ring is 1. The predicted octanol–water partition coefficient (Wildman–Crippen LogP) is 2.50. The molecule has 21 heavy (non-hydrogen) atoms. The topological polar surface area (TPSA) is 67.9 Å². The van der Waals surface area contributed by atoms with E-state index in [-0.39, 0.29) is 11.6 Å². The largest absolute Gasteiger partial charge is 0.451 e. The molecule has 0 radical (unpaired) electrons. The highest BCUT2D eigenvalue weighted by molar-refractivity contribution is 5.47. The van der Waals surface area contributed by atoms with Gasteiger partial charge in [-0.1, -0.05) is 6.07 Å². The molecule has 2 rings (SSSR count). The van der Waals surface area contributed by atoms with Crippen molar-refractivity contribution in [2.75, 3.05) is 17.2 Å². The van der Waals surface area contributed by atoms with Gasteiger partial charge in [-0.2, -0.15) is 13.2 Å². The summed E-state index contributed by atoms with van der Waals surface area (Å²) < 4.78 is 38.2. The summed E-state index contributed by atoms with van der Waals surface area (Å²) in [6.07, 6.45) is -3.01. The van der Waals surface area contributed by atoms with Gasteiger partial charge in [0.25, 0.3) is 0 Å². The number of hydrogen-bond acceptors (Lipinski definition) is 5. The molecule has 2 aromatic rings. The van der Waals surface area contributed by atoms with Crippen LogP contribution in [0.25, 0.3) is 0 Å². The highest BCUT2D eigenvalue weighted by Gasteiger charge is 2.35. The van der Waals surface area contributed by atoms with E-state index in [4.69, 9.17) is 5.73 Å². The van der Waals surface area contributed by atoms with E-state index in [0.29, 0.717) is 13.1 Å². The van der Waals surface area contributed by atoms with E-state index < -0.39 is 12.0 Å². The lowest BCUT2D eigenvalue weighted by Crippen LogP contribution is -2.25. The lowest BCUT2D eigenvalue weighted by atomic mass is 10.3. The zero-order valence-electron chi connectivity index (χ0n) is 11.3. The highest BCUT2D eigenvalue weighted by Crippen LogP contribution is 2.28. The summed E-state index contributed by atoms with van der Waals surface area (Å²) in [5.41, 5.74) is 6.18. The molecule has 0 saturated carbocycles. The van der Waals surface area contributed by atoms with Crippen molar-refractivity contribution in [3.05, 3.63) is 42.0 Å². The van der Waals surface area contributed by atoms with Crippen molar-refractivity contribution in [2.24, 2.45) is 0 Å². The predicted molar refractivity (Wildman–Crippen MR) is 72.4 cm³/mol. The molecule has 0 aliphatic carbocycles. The summed E-state index contributed by atoms with van der Waals surface area (Å²) in [5, 5.41) is 0. The maximum Gasteiger partial charge on any atom is 0.451 e. The van der Waals surface area contributed by atoms with Crippen molar-refractivity contribution in [1.82, 2.24) is 15.0 Å². The minimum absolute atomic E-state index is 0.128. The Balaban J connectivity index is 2.32. The number of rotatable bonds is 4. The zero-order chi connectivity index (χ0) is 15.5. The van der Waals surface area contributed by atoms with E-state index >= 15 is 0 Å². The molecule has 0 saturated heterocycles. The SMILES string of the molecule is CCN(Cc1ccccn1)c1cc(N)nc(C(F)(F)F)n1. The third-order valence-corrected chi connectivity index (χ3v) is 2.77. The van der Waals surface area contributed by atoms with Crippen LogP contribution >= 0.6 is 0 Å². The van der Waals surface area contributed by atoms with Gasteiger partial charge in [-0.15, -0.1) is 0 Å². The van der Waals surface area contributed by atoms with Gasteiger partial charge < -0.3 is 10.6 Å². The van der Waals surface area contributed by atoms with Crippen LogP contribution in [0.1, 0.15) is 18.4 Å². The maximum atomic E-state index is 12.7. The highest BCUT2D eigenvalue weighted by atomic mass is 19.4. The maximum absolute atomic E-state index is 12.7. The van der Waals surface area contributed by atoms with E-state index in [9.17, 15) is 13.2 Å². The molecule has 0 unspecified atom stereocenters. The average molecular weight is 297 g/mol. The summed E-state index contributed by atoms with van der Waals surface area (Å²) in [6.45, 7) is 2.61. The first-order valence-electron chi connectivity index (χ1n) is 6.26. The smallest absolute Gasteiger partial charge is 0.384 e. The normalized spacial score (nSPS) is 11.4. The van der Waals surface area contributed by atoms with E-state index in [1.54, 1.807) is 23.2 Å². The van der Waals surface area contributed by atoms with Gasteiger partial charge in [-0.3, -0.25) is 4.98 Å². The van der Waals surface area contributed by atoms with Crippen molar-refractivity contribution < 1.29 is 13.2 Å². The van der Waals surface area contributed by atoms with Crippen LogP contribution in [-0.4, -0.2) is 21.5 Å². The van der Waals surface area contributed by atoms with Crippen LogP contribution < -0.4 is 10.6 Å². The number of halogens is 3. The molecule has 2 heterocycles. The Hall–Kier alpha value is -2.38. The van der Waals surface area contributed by atoms with Gasteiger partial charge in [0.1, 0.15) is 11.6 Å². The monoisotopic (exact) mass is 297 g/mol. The van der Waals surface area contributed by atoms with Crippen LogP contribution in [0.4, 0.5) is 24.8 Å². The van der Waals surface area contributed by atoms with E-state index in [2.05, 4.69) is 15.0 Å². The van der Waals surface area contributed by atoms with Crippen molar-refractivity contribution in [1.29, 1.82) is 0 Å². The molecule has 8 heteroatoms. The average Bonchev–Trinajstić information content (AvgIpc) is 2.44. The van der Waals surface area contributed by atoms with Crippen molar-refractivity contribution >= 4 is 11.6 Å². The lowest BCUT2D eigenvalue weighted by molar-refractivity contribution is -0.144. The van der Waals surface area contributed by atoms with Crippen LogP contribution in [0.15, 0.2) is 30.5 Å². The minimum Gasteiger partial charge on any atom is -0.384 e.